The summed E-state index contributed by atoms with van der Waals surface area (Å²) in [5.74, 6) is -0.824. The number of aromatic hydroxyl groups is 1. The highest BCUT2D eigenvalue weighted by Gasteiger charge is 2.19. The second kappa shape index (κ2) is 4.90. The minimum atomic E-state index is -0.519. The van der Waals surface area contributed by atoms with Gasteiger partial charge in [0.25, 0.3) is 5.56 Å². The van der Waals surface area contributed by atoms with Gasteiger partial charge in [0.05, 0.1) is 0 Å². The lowest BCUT2D eigenvalue weighted by Crippen LogP contribution is -2.26. The van der Waals surface area contributed by atoms with Crippen LogP contribution in [0.3, 0.4) is 0 Å². The maximum Gasteiger partial charge on any atom is 0.265 e. The van der Waals surface area contributed by atoms with Crippen LogP contribution >= 0.6 is 11.6 Å². The normalized spacial score (nSPS) is 10.5. The van der Waals surface area contributed by atoms with Gasteiger partial charge in [0.15, 0.2) is 0 Å². The summed E-state index contributed by atoms with van der Waals surface area (Å²) in [6, 6.07) is 7.55. The molecule has 5 heteroatoms. The number of aryl methyl sites for hydroxylation is 1. The Morgan fingerprint density at radius 1 is 1.26 bits per heavy atom. The molecule has 0 aliphatic heterocycles. The van der Waals surface area contributed by atoms with Crippen molar-refractivity contribution >= 4 is 17.4 Å². The highest BCUT2D eigenvalue weighted by molar-refractivity contribution is 6.30. The third kappa shape index (κ3) is 2.39. The fraction of sp³-hybridized carbons (Fsp3) is 0.143. The van der Waals surface area contributed by atoms with Crippen molar-refractivity contribution in [1.82, 2.24) is 4.57 Å². The number of benzene rings is 1. The Hall–Kier alpha value is -2.07. The maximum absolute atomic E-state index is 12.2. The monoisotopic (exact) mass is 277 g/mol. The molecule has 98 valence electrons. The van der Waals surface area contributed by atoms with Crippen LogP contribution in [0.1, 0.15) is 21.6 Å². The number of ketones is 1. The van der Waals surface area contributed by atoms with E-state index < -0.39 is 11.3 Å². The lowest BCUT2D eigenvalue weighted by Gasteiger charge is -2.08. The Balaban J connectivity index is 2.60. The van der Waals surface area contributed by atoms with Crippen molar-refractivity contribution in [3.63, 3.8) is 0 Å². The van der Waals surface area contributed by atoms with Gasteiger partial charge in [-0.2, -0.15) is 0 Å². The van der Waals surface area contributed by atoms with Gasteiger partial charge in [-0.25, -0.2) is 0 Å². The Morgan fingerprint density at radius 3 is 2.42 bits per heavy atom. The zero-order valence-electron chi connectivity index (χ0n) is 10.5. The number of rotatable bonds is 2. The Kier molecular flexibility index (Phi) is 3.44. The molecule has 0 aliphatic carbocycles. The largest absolute Gasteiger partial charge is 0.507 e. The molecule has 1 aromatic carbocycles. The van der Waals surface area contributed by atoms with Crippen LogP contribution in [0.25, 0.3) is 0 Å². The maximum atomic E-state index is 12.2. The number of carbonyl (C=O) groups excluding carboxylic acids is 1. The molecule has 0 saturated carbocycles. The summed E-state index contributed by atoms with van der Waals surface area (Å²) in [5.41, 5.74) is 0.142. The summed E-state index contributed by atoms with van der Waals surface area (Å²) in [4.78, 5) is 24.3. The zero-order chi connectivity index (χ0) is 14.2. The van der Waals surface area contributed by atoms with Crippen LogP contribution in [0.2, 0.25) is 5.02 Å². The average Bonchev–Trinajstić information content (AvgIpc) is 2.37. The molecule has 0 aliphatic rings. The first-order chi connectivity index (χ1) is 8.91. The molecule has 0 saturated heterocycles. The van der Waals surface area contributed by atoms with E-state index in [-0.39, 0.29) is 11.3 Å². The summed E-state index contributed by atoms with van der Waals surface area (Å²) >= 11 is 5.74. The van der Waals surface area contributed by atoms with E-state index in [1.54, 1.807) is 26.1 Å². The number of nitrogens with zero attached hydrogens (tertiary/aromatic N) is 1. The summed E-state index contributed by atoms with van der Waals surface area (Å²) < 4.78 is 1.32. The molecule has 0 unspecified atom stereocenters. The Morgan fingerprint density at radius 2 is 1.84 bits per heavy atom. The molecule has 0 radical (unpaired) electrons. The van der Waals surface area contributed by atoms with Gasteiger partial charge in [0, 0.05) is 29.4 Å². The molecule has 1 heterocycles. The molecule has 1 N–H and O–H groups in total. The summed E-state index contributed by atoms with van der Waals surface area (Å²) in [6.07, 6.45) is 0. The number of carbonyl (C=O) groups is 1. The lowest BCUT2D eigenvalue weighted by atomic mass is 10.0. The molecular weight excluding hydrogens is 266 g/mol. The number of pyridine rings is 1. The summed E-state index contributed by atoms with van der Waals surface area (Å²) in [6.45, 7) is 1.68. The fourth-order valence-electron chi connectivity index (χ4n) is 1.76. The van der Waals surface area contributed by atoms with Gasteiger partial charge in [0.1, 0.15) is 11.3 Å². The van der Waals surface area contributed by atoms with Crippen LogP contribution in [0.15, 0.2) is 35.1 Å². The van der Waals surface area contributed by atoms with Gasteiger partial charge in [0.2, 0.25) is 5.78 Å². The van der Waals surface area contributed by atoms with Crippen molar-refractivity contribution in [2.24, 2.45) is 7.05 Å². The molecule has 0 atom stereocenters. The van der Waals surface area contributed by atoms with Crippen LogP contribution in [0.4, 0.5) is 0 Å². The Labute approximate surface area is 114 Å². The van der Waals surface area contributed by atoms with Crippen LogP contribution in [0, 0.1) is 6.92 Å². The molecule has 0 fully saturated rings. The number of hydrogen-bond acceptors (Lipinski definition) is 3. The molecule has 2 aromatic rings. The highest BCUT2D eigenvalue weighted by atomic mass is 35.5. The van der Waals surface area contributed by atoms with Crippen LogP contribution in [-0.4, -0.2) is 15.5 Å². The van der Waals surface area contributed by atoms with Crippen molar-refractivity contribution in [1.29, 1.82) is 0 Å². The first-order valence-electron chi connectivity index (χ1n) is 5.61. The van der Waals surface area contributed by atoms with Crippen molar-refractivity contribution in [3.05, 3.63) is 62.5 Å². The molecule has 19 heavy (non-hydrogen) atoms. The number of hydrogen-bond donors (Lipinski definition) is 1. The van der Waals surface area contributed by atoms with Gasteiger partial charge < -0.3 is 9.67 Å². The number of aromatic nitrogens is 1. The van der Waals surface area contributed by atoms with Crippen molar-refractivity contribution < 1.29 is 9.90 Å². The minimum absolute atomic E-state index is 0.226. The van der Waals surface area contributed by atoms with Crippen LogP contribution in [0.5, 0.6) is 5.75 Å². The summed E-state index contributed by atoms with van der Waals surface area (Å²) in [5, 5.41) is 10.3. The van der Waals surface area contributed by atoms with E-state index in [1.165, 1.54) is 22.8 Å². The van der Waals surface area contributed by atoms with E-state index in [1.807, 2.05) is 0 Å². The highest BCUT2D eigenvalue weighted by Crippen LogP contribution is 2.19. The van der Waals surface area contributed by atoms with E-state index in [0.29, 0.717) is 16.3 Å². The van der Waals surface area contributed by atoms with Gasteiger partial charge in [-0.15, -0.1) is 0 Å². The second-order valence-corrected chi connectivity index (χ2v) is 4.68. The van der Waals surface area contributed by atoms with Crippen molar-refractivity contribution in [2.75, 3.05) is 0 Å². The number of halogens is 1. The molecule has 0 spiro atoms. The first kappa shape index (κ1) is 13.4. The second-order valence-electron chi connectivity index (χ2n) is 4.25. The van der Waals surface area contributed by atoms with E-state index in [9.17, 15) is 14.7 Å². The SMILES string of the molecule is Cc1cc(O)c(C(=O)c2ccc(Cl)cc2)c(=O)n1C. The van der Waals surface area contributed by atoms with Crippen molar-refractivity contribution in [3.8, 4) is 5.75 Å². The lowest BCUT2D eigenvalue weighted by molar-refractivity contribution is 0.103. The van der Waals surface area contributed by atoms with Gasteiger partial charge in [-0.3, -0.25) is 9.59 Å². The van der Waals surface area contributed by atoms with Crippen LogP contribution in [-0.2, 0) is 7.05 Å². The molecule has 1 aromatic heterocycles. The summed E-state index contributed by atoms with van der Waals surface area (Å²) in [7, 11) is 1.55. The van der Waals surface area contributed by atoms with Gasteiger partial charge in [-0.05, 0) is 31.2 Å². The Bertz CT molecular complexity index is 702. The third-order valence-corrected chi connectivity index (χ3v) is 3.23. The molecule has 0 bridgehead atoms. The van der Waals surface area contributed by atoms with Gasteiger partial charge in [-0.1, -0.05) is 11.6 Å². The molecule has 2 rings (SSSR count). The quantitative estimate of drug-likeness (QED) is 0.857. The smallest absolute Gasteiger partial charge is 0.265 e. The molecular formula is C14H12ClNO3. The topological polar surface area (TPSA) is 59.3 Å². The van der Waals surface area contributed by atoms with E-state index in [0.717, 1.165) is 0 Å². The van der Waals surface area contributed by atoms with E-state index in [4.69, 9.17) is 11.6 Å². The minimum Gasteiger partial charge on any atom is -0.507 e. The molecule has 0 amide bonds. The zero-order valence-corrected chi connectivity index (χ0v) is 11.2. The van der Waals surface area contributed by atoms with Gasteiger partial charge >= 0.3 is 0 Å². The molecule has 4 nitrogen and oxygen atoms in total. The van der Waals surface area contributed by atoms with Crippen molar-refractivity contribution in [2.45, 2.75) is 6.92 Å². The van der Waals surface area contributed by atoms with E-state index >= 15 is 0 Å². The first-order valence-corrected chi connectivity index (χ1v) is 5.99. The average molecular weight is 278 g/mol. The predicted octanol–water partition coefficient (Wildman–Crippen LogP) is 2.28. The van der Waals surface area contributed by atoms with Crippen LogP contribution < -0.4 is 5.56 Å². The van der Waals surface area contributed by atoms with E-state index in [2.05, 4.69) is 0 Å². The fourth-order valence-corrected chi connectivity index (χ4v) is 1.89. The predicted molar refractivity (Wildman–Crippen MR) is 73.0 cm³/mol. The standard InChI is InChI=1S/C14H12ClNO3/c1-8-7-11(17)12(14(19)16(8)2)13(18)9-3-5-10(15)6-4-9/h3-7,17H,1-2H3. The third-order valence-electron chi connectivity index (χ3n) is 2.98.